The lowest BCUT2D eigenvalue weighted by Gasteiger charge is -2.22. The van der Waals surface area contributed by atoms with Gasteiger partial charge in [0.15, 0.2) is 0 Å². The molecule has 21 heavy (non-hydrogen) atoms. The molecule has 1 aliphatic carbocycles. The molecule has 2 aromatic rings. The van der Waals surface area contributed by atoms with Gasteiger partial charge in [0.05, 0.1) is 6.04 Å². The minimum Gasteiger partial charge on any atom is -0.378 e. The summed E-state index contributed by atoms with van der Waals surface area (Å²) in [5, 5.41) is 3.80. The highest BCUT2D eigenvalue weighted by molar-refractivity contribution is 9.10. The van der Waals surface area contributed by atoms with E-state index in [2.05, 4.69) is 70.6 Å². The Morgan fingerprint density at radius 3 is 2.86 bits per heavy atom. The minimum absolute atomic E-state index is 0.440. The van der Waals surface area contributed by atoms with Crippen LogP contribution in [0.5, 0.6) is 0 Å². The summed E-state index contributed by atoms with van der Waals surface area (Å²) in [6.45, 7) is 2.22. The Bertz CT molecular complexity index is 621. The molecule has 0 spiro atoms. The molecule has 3 rings (SSSR count). The van der Waals surface area contributed by atoms with Crippen molar-refractivity contribution in [1.82, 2.24) is 0 Å². The molecule has 0 bridgehead atoms. The molecule has 0 heterocycles. The number of benzene rings is 2. The first-order chi connectivity index (χ1) is 10.3. The van der Waals surface area contributed by atoms with Gasteiger partial charge in [0.2, 0.25) is 0 Å². The molecular formula is C19H22BrN. The third-order valence-electron chi connectivity index (χ3n) is 4.40. The summed E-state index contributed by atoms with van der Waals surface area (Å²) in [4.78, 5) is 0. The molecule has 1 nitrogen and oxygen atoms in total. The lowest BCUT2D eigenvalue weighted by molar-refractivity contribution is 0.643. The largest absolute Gasteiger partial charge is 0.378 e. The van der Waals surface area contributed by atoms with Crippen LogP contribution >= 0.6 is 15.9 Å². The van der Waals surface area contributed by atoms with E-state index in [0.717, 1.165) is 10.9 Å². The van der Waals surface area contributed by atoms with Crippen molar-refractivity contribution in [1.29, 1.82) is 0 Å². The van der Waals surface area contributed by atoms with Crippen LogP contribution in [0.15, 0.2) is 46.9 Å². The molecule has 1 N–H and O–H groups in total. The lowest BCUT2D eigenvalue weighted by atomic mass is 9.98. The van der Waals surface area contributed by atoms with Crippen LogP contribution in [0.1, 0.15) is 48.9 Å². The van der Waals surface area contributed by atoms with Gasteiger partial charge in [0, 0.05) is 10.2 Å². The van der Waals surface area contributed by atoms with Crippen LogP contribution in [0.2, 0.25) is 0 Å². The van der Waals surface area contributed by atoms with Crippen molar-refractivity contribution in [2.75, 3.05) is 5.32 Å². The topological polar surface area (TPSA) is 12.0 Å². The summed E-state index contributed by atoms with van der Waals surface area (Å²) in [5.74, 6) is 0. The van der Waals surface area contributed by atoms with E-state index in [1.807, 2.05) is 0 Å². The Morgan fingerprint density at radius 1 is 1.14 bits per heavy atom. The highest BCUT2D eigenvalue weighted by atomic mass is 79.9. The number of hydrogen-bond donors (Lipinski definition) is 1. The van der Waals surface area contributed by atoms with Gasteiger partial charge in [-0.05, 0) is 60.6 Å². The van der Waals surface area contributed by atoms with Crippen LogP contribution in [0.4, 0.5) is 5.69 Å². The number of rotatable bonds is 3. The number of aryl methyl sites for hydroxylation is 2. The fourth-order valence-corrected chi connectivity index (χ4v) is 3.66. The Labute approximate surface area is 135 Å². The van der Waals surface area contributed by atoms with Crippen molar-refractivity contribution < 1.29 is 0 Å². The third-order valence-corrected chi connectivity index (χ3v) is 4.89. The zero-order chi connectivity index (χ0) is 14.7. The van der Waals surface area contributed by atoms with Gasteiger partial charge in [-0.3, -0.25) is 0 Å². The van der Waals surface area contributed by atoms with Gasteiger partial charge in [-0.1, -0.05) is 53.5 Å². The summed E-state index contributed by atoms with van der Waals surface area (Å²) in [7, 11) is 0. The molecule has 110 valence electrons. The monoisotopic (exact) mass is 343 g/mol. The standard InChI is InChI=1S/C19H22BrN/c1-2-14-13-16(20)11-12-18(14)21-19-10-6-4-8-15-7-3-5-9-17(15)19/h3,5,7,9,11-13,19,21H,2,4,6,8,10H2,1H3. The Kier molecular flexibility index (Phi) is 4.64. The summed E-state index contributed by atoms with van der Waals surface area (Å²) >= 11 is 3.57. The van der Waals surface area contributed by atoms with Gasteiger partial charge in [-0.2, -0.15) is 0 Å². The fraction of sp³-hybridized carbons (Fsp3) is 0.368. The maximum atomic E-state index is 3.80. The van der Waals surface area contributed by atoms with Crippen molar-refractivity contribution >= 4 is 21.6 Å². The van der Waals surface area contributed by atoms with E-state index in [1.54, 1.807) is 0 Å². The smallest absolute Gasteiger partial charge is 0.0516 e. The molecule has 0 aromatic heterocycles. The number of anilines is 1. The van der Waals surface area contributed by atoms with E-state index in [1.165, 1.54) is 48.1 Å². The van der Waals surface area contributed by atoms with E-state index in [-0.39, 0.29) is 0 Å². The summed E-state index contributed by atoms with van der Waals surface area (Å²) < 4.78 is 1.16. The Hall–Kier alpha value is -1.28. The second-order valence-electron chi connectivity index (χ2n) is 5.80. The van der Waals surface area contributed by atoms with Gasteiger partial charge in [0.1, 0.15) is 0 Å². The summed E-state index contributed by atoms with van der Waals surface area (Å²) in [6.07, 6.45) is 6.09. The van der Waals surface area contributed by atoms with Crippen LogP contribution in [0, 0.1) is 0 Å². The number of hydrogen-bond acceptors (Lipinski definition) is 1. The first-order valence-corrected chi connectivity index (χ1v) is 8.70. The van der Waals surface area contributed by atoms with Gasteiger partial charge in [-0.25, -0.2) is 0 Å². The quantitative estimate of drug-likeness (QED) is 0.685. The maximum Gasteiger partial charge on any atom is 0.0516 e. The molecule has 0 fully saturated rings. The molecular weight excluding hydrogens is 322 g/mol. The number of fused-ring (bicyclic) bond motifs is 1. The SMILES string of the molecule is CCc1cc(Br)ccc1NC1CCCCc2ccccc21. The van der Waals surface area contributed by atoms with Gasteiger partial charge < -0.3 is 5.32 Å². The molecule has 2 aromatic carbocycles. The Balaban J connectivity index is 1.91. The predicted octanol–water partition coefficient (Wildman–Crippen LogP) is 5.89. The molecule has 2 heteroatoms. The summed E-state index contributed by atoms with van der Waals surface area (Å²) in [5.41, 5.74) is 5.66. The highest BCUT2D eigenvalue weighted by Gasteiger charge is 2.18. The van der Waals surface area contributed by atoms with E-state index in [9.17, 15) is 0 Å². The van der Waals surface area contributed by atoms with Gasteiger partial charge in [-0.15, -0.1) is 0 Å². The molecule has 0 saturated carbocycles. The van der Waals surface area contributed by atoms with E-state index < -0.39 is 0 Å². The number of halogens is 1. The van der Waals surface area contributed by atoms with Crippen molar-refractivity contribution in [2.24, 2.45) is 0 Å². The minimum atomic E-state index is 0.440. The molecule has 1 atom stereocenters. The van der Waals surface area contributed by atoms with Crippen LogP contribution in [0.25, 0.3) is 0 Å². The molecule has 1 unspecified atom stereocenters. The normalized spacial score (nSPS) is 17.9. The zero-order valence-electron chi connectivity index (χ0n) is 12.5. The number of nitrogens with one attached hydrogen (secondary N) is 1. The van der Waals surface area contributed by atoms with Gasteiger partial charge >= 0.3 is 0 Å². The molecule has 0 radical (unpaired) electrons. The lowest BCUT2D eigenvalue weighted by Crippen LogP contribution is -2.12. The zero-order valence-corrected chi connectivity index (χ0v) is 14.1. The van der Waals surface area contributed by atoms with Crippen LogP contribution in [0.3, 0.4) is 0 Å². The van der Waals surface area contributed by atoms with Crippen molar-refractivity contribution in [2.45, 2.75) is 45.1 Å². The molecule has 0 amide bonds. The van der Waals surface area contributed by atoms with Crippen molar-refractivity contribution in [3.8, 4) is 0 Å². The first-order valence-electron chi connectivity index (χ1n) is 7.90. The predicted molar refractivity (Wildman–Crippen MR) is 93.9 cm³/mol. The highest BCUT2D eigenvalue weighted by Crippen LogP contribution is 2.33. The Morgan fingerprint density at radius 2 is 2.00 bits per heavy atom. The average Bonchev–Trinajstić information content (AvgIpc) is 2.71. The maximum absolute atomic E-state index is 3.80. The molecule has 0 saturated heterocycles. The van der Waals surface area contributed by atoms with Crippen molar-refractivity contribution in [3.05, 3.63) is 63.6 Å². The average molecular weight is 344 g/mol. The molecule has 0 aliphatic heterocycles. The fourth-order valence-electron chi connectivity index (χ4n) is 3.25. The van der Waals surface area contributed by atoms with Crippen molar-refractivity contribution in [3.63, 3.8) is 0 Å². The third kappa shape index (κ3) is 3.32. The van der Waals surface area contributed by atoms with Gasteiger partial charge in [0.25, 0.3) is 0 Å². The first kappa shape index (κ1) is 14.6. The van der Waals surface area contributed by atoms with Crippen LogP contribution in [-0.4, -0.2) is 0 Å². The van der Waals surface area contributed by atoms with E-state index in [0.29, 0.717) is 6.04 Å². The molecule has 1 aliphatic rings. The van der Waals surface area contributed by atoms with E-state index >= 15 is 0 Å². The van der Waals surface area contributed by atoms with Crippen LogP contribution in [-0.2, 0) is 12.8 Å². The summed E-state index contributed by atoms with van der Waals surface area (Å²) in [6, 6.07) is 15.9. The van der Waals surface area contributed by atoms with E-state index in [4.69, 9.17) is 0 Å². The second-order valence-corrected chi connectivity index (χ2v) is 6.71. The second kappa shape index (κ2) is 6.65. The van der Waals surface area contributed by atoms with Crippen LogP contribution < -0.4 is 5.32 Å².